The second-order valence-corrected chi connectivity index (χ2v) is 6.83. The molecular formula is C19H30N4. The minimum atomic E-state index is 0.689. The van der Waals surface area contributed by atoms with Crippen molar-refractivity contribution in [3.05, 3.63) is 36.7 Å². The average molecular weight is 314 g/mol. The van der Waals surface area contributed by atoms with E-state index in [1.807, 2.05) is 18.5 Å². The third kappa shape index (κ3) is 5.33. The Morgan fingerprint density at radius 1 is 1.26 bits per heavy atom. The molecule has 1 unspecified atom stereocenters. The highest BCUT2D eigenvalue weighted by Crippen LogP contribution is 2.27. The molecule has 4 heteroatoms. The third-order valence-corrected chi connectivity index (χ3v) is 5.12. The zero-order valence-corrected chi connectivity index (χ0v) is 14.1. The predicted molar refractivity (Wildman–Crippen MR) is 97.4 cm³/mol. The molecule has 0 bridgehead atoms. The molecular weight excluding hydrogens is 284 g/mol. The van der Waals surface area contributed by atoms with Gasteiger partial charge in [0, 0.05) is 50.2 Å². The van der Waals surface area contributed by atoms with Crippen LogP contribution >= 0.6 is 0 Å². The number of piperazine rings is 1. The molecule has 0 aromatic heterocycles. The van der Waals surface area contributed by atoms with Crippen LogP contribution in [0, 0.1) is 5.92 Å². The smallest absolute Gasteiger partial charge is 0.0674 e. The van der Waals surface area contributed by atoms with E-state index in [9.17, 15) is 0 Å². The molecule has 0 aromatic rings. The van der Waals surface area contributed by atoms with Crippen molar-refractivity contribution in [1.82, 2.24) is 15.5 Å². The lowest BCUT2D eigenvalue weighted by atomic mass is 9.83. The third-order valence-electron chi connectivity index (χ3n) is 5.12. The molecule has 1 saturated carbocycles. The Balaban J connectivity index is 1.38. The van der Waals surface area contributed by atoms with Gasteiger partial charge in [0.2, 0.25) is 0 Å². The number of aliphatic imine (C=N–C) groups is 1. The molecule has 1 aliphatic heterocycles. The van der Waals surface area contributed by atoms with E-state index in [4.69, 9.17) is 0 Å². The molecule has 1 saturated heterocycles. The fraction of sp³-hybridized carbons (Fsp3) is 0.632. The first-order chi connectivity index (χ1) is 11.4. The van der Waals surface area contributed by atoms with Gasteiger partial charge in [0.15, 0.2) is 0 Å². The molecule has 4 nitrogen and oxygen atoms in total. The van der Waals surface area contributed by atoms with Crippen LogP contribution in [0.15, 0.2) is 41.7 Å². The van der Waals surface area contributed by atoms with Crippen LogP contribution in [0.3, 0.4) is 0 Å². The summed E-state index contributed by atoms with van der Waals surface area (Å²) in [5.74, 6) is 0.889. The van der Waals surface area contributed by atoms with Crippen LogP contribution in [0.25, 0.3) is 0 Å². The van der Waals surface area contributed by atoms with Crippen LogP contribution in [-0.4, -0.2) is 43.0 Å². The summed E-state index contributed by atoms with van der Waals surface area (Å²) in [5.41, 5.74) is 1.12. The zero-order valence-electron chi connectivity index (χ0n) is 14.1. The molecule has 3 rings (SSSR count). The number of rotatable bonds is 5. The second-order valence-electron chi connectivity index (χ2n) is 6.83. The summed E-state index contributed by atoms with van der Waals surface area (Å²) < 4.78 is 0. The summed E-state index contributed by atoms with van der Waals surface area (Å²) in [6.45, 7) is 4.34. The number of hydrogen-bond donors (Lipinski definition) is 2. The number of hydrogen-bond acceptors (Lipinski definition) is 4. The molecule has 2 aliphatic carbocycles. The fourth-order valence-corrected chi connectivity index (χ4v) is 3.80. The Labute approximate surface area is 140 Å². The molecule has 1 atom stereocenters. The molecule has 126 valence electrons. The first kappa shape index (κ1) is 16.5. The Kier molecular flexibility index (Phi) is 6.47. The minimum Gasteiger partial charge on any atom is -0.377 e. The van der Waals surface area contributed by atoms with E-state index in [2.05, 4.69) is 38.8 Å². The molecule has 1 heterocycles. The van der Waals surface area contributed by atoms with E-state index in [0.29, 0.717) is 6.04 Å². The molecule has 2 N–H and O–H groups in total. The van der Waals surface area contributed by atoms with Crippen LogP contribution in [0.4, 0.5) is 0 Å². The van der Waals surface area contributed by atoms with Crippen LogP contribution in [0.5, 0.6) is 0 Å². The van der Waals surface area contributed by atoms with Gasteiger partial charge in [0.25, 0.3) is 0 Å². The van der Waals surface area contributed by atoms with E-state index in [1.165, 1.54) is 38.6 Å². The summed E-state index contributed by atoms with van der Waals surface area (Å²) in [7, 11) is 0. The molecule has 0 radical (unpaired) electrons. The van der Waals surface area contributed by atoms with Crippen LogP contribution in [-0.2, 0) is 0 Å². The Morgan fingerprint density at radius 3 is 3.00 bits per heavy atom. The van der Waals surface area contributed by atoms with Gasteiger partial charge in [-0.25, -0.2) is 0 Å². The van der Waals surface area contributed by atoms with Crippen molar-refractivity contribution in [2.45, 2.75) is 44.6 Å². The minimum absolute atomic E-state index is 0.689. The quantitative estimate of drug-likeness (QED) is 0.820. The van der Waals surface area contributed by atoms with Gasteiger partial charge >= 0.3 is 0 Å². The number of allylic oxidation sites excluding steroid dienone is 4. The predicted octanol–water partition coefficient (Wildman–Crippen LogP) is 2.82. The van der Waals surface area contributed by atoms with Crippen LogP contribution in [0.2, 0.25) is 0 Å². The van der Waals surface area contributed by atoms with Gasteiger partial charge in [-0.2, -0.15) is 0 Å². The Bertz CT molecular complexity index is 472. The maximum absolute atomic E-state index is 4.46. The van der Waals surface area contributed by atoms with Crippen LogP contribution in [0.1, 0.15) is 38.5 Å². The molecule has 3 aliphatic rings. The maximum Gasteiger partial charge on any atom is 0.0674 e. The normalized spacial score (nSPS) is 28.7. The fourth-order valence-electron chi connectivity index (χ4n) is 3.80. The van der Waals surface area contributed by atoms with E-state index >= 15 is 0 Å². The van der Waals surface area contributed by atoms with Crippen molar-refractivity contribution in [2.75, 3.05) is 26.3 Å². The van der Waals surface area contributed by atoms with Gasteiger partial charge in [-0.15, -0.1) is 0 Å². The first-order valence-corrected chi connectivity index (χ1v) is 9.16. The lowest BCUT2D eigenvalue weighted by Crippen LogP contribution is -2.55. The van der Waals surface area contributed by atoms with Crippen molar-refractivity contribution < 1.29 is 0 Å². The van der Waals surface area contributed by atoms with Gasteiger partial charge < -0.3 is 10.6 Å². The van der Waals surface area contributed by atoms with Gasteiger partial charge in [-0.1, -0.05) is 37.5 Å². The largest absolute Gasteiger partial charge is 0.377 e. The van der Waals surface area contributed by atoms with E-state index in [-0.39, 0.29) is 0 Å². The summed E-state index contributed by atoms with van der Waals surface area (Å²) in [5, 5.41) is 7.13. The Hall–Kier alpha value is -1.39. The van der Waals surface area contributed by atoms with Gasteiger partial charge in [0.05, 0.1) is 6.67 Å². The monoisotopic (exact) mass is 314 g/mol. The molecule has 0 spiro atoms. The highest BCUT2D eigenvalue weighted by Gasteiger charge is 2.27. The highest BCUT2D eigenvalue weighted by atomic mass is 15.3. The highest BCUT2D eigenvalue weighted by molar-refractivity contribution is 5.97. The topological polar surface area (TPSA) is 39.7 Å². The summed E-state index contributed by atoms with van der Waals surface area (Å²) >= 11 is 0. The van der Waals surface area contributed by atoms with Crippen molar-refractivity contribution >= 4 is 5.71 Å². The van der Waals surface area contributed by atoms with Gasteiger partial charge in [0.1, 0.15) is 0 Å². The molecule has 2 fully saturated rings. The standard InChI is InChI=1S/C19H30N4/c1-3-7-17(8-4-1)19-15-23(14-13-22-19)16-20-11-12-21-18-9-5-2-6-10-18/h2,5-6,9,11-12,17,19-20,22H,1,3-4,7-8,10,13-16H2/b12-11-,21-18?. The average Bonchev–Trinajstić information content (AvgIpc) is 2.63. The first-order valence-electron chi connectivity index (χ1n) is 9.16. The summed E-state index contributed by atoms with van der Waals surface area (Å²) in [6, 6.07) is 0.689. The van der Waals surface area contributed by atoms with Crippen LogP contribution < -0.4 is 10.6 Å². The SMILES string of the molecule is C1=CCC(=N/C=C\NCN2CCNC(C3CCCCC3)C2)C=C1. The molecule has 0 amide bonds. The number of nitrogens with one attached hydrogen (secondary N) is 2. The Morgan fingerprint density at radius 2 is 2.17 bits per heavy atom. The van der Waals surface area contributed by atoms with Crippen molar-refractivity contribution in [1.29, 1.82) is 0 Å². The summed E-state index contributed by atoms with van der Waals surface area (Å²) in [4.78, 5) is 6.98. The molecule has 0 aromatic carbocycles. The lowest BCUT2D eigenvalue weighted by molar-refractivity contribution is 0.142. The van der Waals surface area contributed by atoms with Gasteiger partial charge in [-0.3, -0.25) is 9.89 Å². The maximum atomic E-state index is 4.46. The van der Waals surface area contributed by atoms with E-state index in [0.717, 1.165) is 37.8 Å². The zero-order chi connectivity index (χ0) is 15.7. The molecule has 23 heavy (non-hydrogen) atoms. The van der Waals surface area contributed by atoms with Crippen molar-refractivity contribution in [3.63, 3.8) is 0 Å². The van der Waals surface area contributed by atoms with Gasteiger partial charge in [-0.05, 0) is 24.8 Å². The van der Waals surface area contributed by atoms with E-state index < -0.39 is 0 Å². The number of nitrogens with zero attached hydrogens (tertiary/aromatic N) is 2. The lowest BCUT2D eigenvalue weighted by Gasteiger charge is -2.39. The van der Waals surface area contributed by atoms with Crippen molar-refractivity contribution in [2.24, 2.45) is 10.9 Å². The second kappa shape index (κ2) is 9.04. The van der Waals surface area contributed by atoms with Crippen molar-refractivity contribution in [3.8, 4) is 0 Å². The van der Waals surface area contributed by atoms with E-state index in [1.54, 1.807) is 0 Å². The summed E-state index contributed by atoms with van der Waals surface area (Å²) in [6.07, 6.45) is 20.2.